The molecular weight excluding hydrogens is 328 g/mol. The smallest absolute Gasteiger partial charge is 0.264 e. The Morgan fingerprint density at radius 3 is 2.96 bits per heavy atom. The monoisotopic (exact) mass is 346 g/mol. The molecule has 23 heavy (non-hydrogen) atoms. The third kappa shape index (κ3) is 2.85. The molecule has 2 aromatic rings. The van der Waals surface area contributed by atoms with Crippen molar-refractivity contribution >= 4 is 29.0 Å². The number of likely N-dealkylation sites (tertiary alicyclic amines) is 1. The van der Waals surface area contributed by atoms with Crippen molar-refractivity contribution < 1.29 is 9.53 Å². The number of ether oxygens (including phenoxy) is 1. The van der Waals surface area contributed by atoms with Gasteiger partial charge in [0.1, 0.15) is 6.10 Å². The number of nitrogens with zero attached hydrogens (tertiary/aromatic N) is 2. The normalized spacial score (nSPS) is 22.1. The number of aryl methyl sites for hydroxylation is 1. The molecule has 1 atom stereocenters. The molecule has 0 saturated carbocycles. The lowest BCUT2D eigenvalue weighted by molar-refractivity contribution is 0.0520. The summed E-state index contributed by atoms with van der Waals surface area (Å²) in [7, 11) is 0. The van der Waals surface area contributed by atoms with Gasteiger partial charge >= 0.3 is 0 Å². The number of carbonyl (C=O) groups is 1. The molecule has 2 aromatic heterocycles. The summed E-state index contributed by atoms with van der Waals surface area (Å²) in [5, 5.41) is 1.99. The summed E-state index contributed by atoms with van der Waals surface area (Å²) in [5.41, 5.74) is 1.08. The van der Waals surface area contributed by atoms with Crippen LogP contribution in [0.5, 0.6) is 5.88 Å². The molecule has 6 heteroatoms. The molecule has 0 bridgehead atoms. The van der Waals surface area contributed by atoms with E-state index in [9.17, 15) is 4.79 Å². The van der Waals surface area contributed by atoms with Gasteiger partial charge in [-0.3, -0.25) is 4.79 Å². The van der Waals surface area contributed by atoms with Crippen LogP contribution in [0.4, 0.5) is 0 Å². The minimum absolute atomic E-state index is 0.179. The predicted octanol–water partition coefficient (Wildman–Crippen LogP) is 3.23. The van der Waals surface area contributed by atoms with Crippen molar-refractivity contribution in [3.05, 3.63) is 46.3 Å². The van der Waals surface area contributed by atoms with E-state index in [1.807, 2.05) is 53.2 Å². The number of hydrogen-bond donors (Lipinski definition) is 0. The summed E-state index contributed by atoms with van der Waals surface area (Å²) < 4.78 is 6.14. The van der Waals surface area contributed by atoms with Crippen LogP contribution in [-0.4, -0.2) is 45.5 Å². The molecule has 1 amide bonds. The SMILES string of the molecule is Cc1ccsc1C(=O)N1CC2(C[C@@H](Oc3ccccn3)CS2)C1. The van der Waals surface area contributed by atoms with Gasteiger partial charge in [-0.1, -0.05) is 6.07 Å². The zero-order valence-electron chi connectivity index (χ0n) is 12.9. The second-order valence-corrected chi connectivity index (χ2v) is 8.60. The summed E-state index contributed by atoms with van der Waals surface area (Å²) in [6, 6.07) is 7.73. The number of amides is 1. The molecule has 2 aliphatic heterocycles. The molecule has 120 valence electrons. The van der Waals surface area contributed by atoms with Crippen molar-refractivity contribution in [3.8, 4) is 5.88 Å². The van der Waals surface area contributed by atoms with Crippen molar-refractivity contribution in [2.45, 2.75) is 24.2 Å². The van der Waals surface area contributed by atoms with Gasteiger partial charge in [-0.2, -0.15) is 0 Å². The second kappa shape index (κ2) is 5.83. The lowest BCUT2D eigenvalue weighted by Gasteiger charge is -2.47. The number of pyridine rings is 1. The number of aromatic nitrogens is 1. The minimum atomic E-state index is 0.179. The first-order chi connectivity index (χ1) is 11.2. The molecule has 2 saturated heterocycles. The fourth-order valence-electron chi connectivity index (χ4n) is 3.21. The summed E-state index contributed by atoms with van der Waals surface area (Å²) in [6.45, 7) is 3.66. The van der Waals surface area contributed by atoms with Crippen molar-refractivity contribution in [1.29, 1.82) is 0 Å². The molecule has 0 N–H and O–H groups in total. The maximum absolute atomic E-state index is 12.5. The standard InChI is InChI=1S/C17H18N2O2S2/c1-12-5-7-22-15(12)16(20)19-10-17(11-19)8-13(9-23-17)21-14-4-2-3-6-18-14/h2-7,13H,8-11H2,1H3/t13-/m1/s1. The van der Waals surface area contributed by atoms with E-state index in [1.54, 1.807) is 6.20 Å². The number of hydrogen-bond acceptors (Lipinski definition) is 5. The van der Waals surface area contributed by atoms with Gasteiger partial charge in [0.05, 0.1) is 9.62 Å². The van der Waals surface area contributed by atoms with Crippen LogP contribution in [0.25, 0.3) is 0 Å². The highest BCUT2D eigenvalue weighted by molar-refractivity contribution is 8.01. The van der Waals surface area contributed by atoms with E-state index in [2.05, 4.69) is 4.98 Å². The zero-order chi connectivity index (χ0) is 15.9. The van der Waals surface area contributed by atoms with E-state index in [0.717, 1.165) is 35.7 Å². The first-order valence-electron chi connectivity index (χ1n) is 7.70. The quantitative estimate of drug-likeness (QED) is 0.856. The van der Waals surface area contributed by atoms with Crippen LogP contribution in [0.1, 0.15) is 21.7 Å². The van der Waals surface area contributed by atoms with E-state index in [4.69, 9.17) is 4.74 Å². The Morgan fingerprint density at radius 2 is 2.26 bits per heavy atom. The molecule has 0 aliphatic carbocycles. The minimum Gasteiger partial charge on any atom is -0.473 e. The average Bonchev–Trinajstić information content (AvgIpc) is 3.13. The maximum atomic E-state index is 12.5. The number of carbonyl (C=O) groups excluding carboxylic acids is 1. The Kier molecular flexibility index (Phi) is 3.81. The first-order valence-corrected chi connectivity index (χ1v) is 9.57. The van der Waals surface area contributed by atoms with Gasteiger partial charge in [0.25, 0.3) is 5.91 Å². The average molecular weight is 346 g/mol. The molecule has 2 aliphatic rings. The molecule has 4 rings (SSSR count). The van der Waals surface area contributed by atoms with Gasteiger partial charge in [-0.05, 0) is 30.0 Å². The molecular formula is C17H18N2O2S2. The van der Waals surface area contributed by atoms with Crippen LogP contribution in [0.2, 0.25) is 0 Å². The van der Waals surface area contributed by atoms with Crippen molar-refractivity contribution in [2.24, 2.45) is 0 Å². The predicted molar refractivity (Wildman–Crippen MR) is 93.4 cm³/mol. The summed E-state index contributed by atoms with van der Waals surface area (Å²) in [5.74, 6) is 1.84. The first kappa shape index (κ1) is 15.0. The van der Waals surface area contributed by atoms with Crippen LogP contribution in [0.3, 0.4) is 0 Å². The third-order valence-electron chi connectivity index (χ3n) is 4.40. The van der Waals surface area contributed by atoms with Gasteiger partial charge in [0.2, 0.25) is 5.88 Å². The number of rotatable bonds is 3. The van der Waals surface area contributed by atoms with Crippen LogP contribution >= 0.6 is 23.1 Å². The Bertz CT molecular complexity index is 710. The van der Waals surface area contributed by atoms with Crippen LogP contribution < -0.4 is 4.74 Å². The Morgan fingerprint density at radius 1 is 1.39 bits per heavy atom. The second-order valence-electron chi connectivity index (χ2n) is 6.20. The van der Waals surface area contributed by atoms with E-state index < -0.39 is 0 Å². The van der Waals surface area contributed by atoms with E-state index in [-0.39, 0.29) is 16.8 Å². The highest BCUT2D eigenvalue weighted by atomic mass is 32.2. The van der Waals surface area contributed by atoms with Crippen LogP contribution in [0.15, 0.2) is 35.8 Å². The van der Waals surface area contributed by atoms with Crippen molar-refractivity contribution in [3.63, 3.8) is 0 Å². The van der Waals surface area contributed by atoms with Gasteiger partial charge < -0.3 is 9.64 Å². The Labute approximate surface area is 143 Å². The molecule has 0 unspecified atom stereocenters. The zero-order valence-corrected chi connectivity index (χ0v) is 14.5. The lowest BCUT2D eigenvalue weighted by Crippen LogP contribution is -2.60. The van der Waals surface area contributed by atoms with Crippen molar-refractivity contribution in [2.75, 3.05) is 18.8 Å². The number of thiophene rings is 1. The largest absolute Gasteiger partial charge is 0.473 e. The molecule has 0 radical (unpaired) electrons. The van der Waals surface area contributed by atoms with Gasteiger partial charge in [-0.15, -0.1) is 23.1 Å². The van der Waals surface area contributed by atoms with Crippen molar-refractivity contribution in [1.82, 2.24) is 9.88 Å². The van der Waals surface area contributed by atoms with Crippen LogP contribution in [0, 0.1) is 6.92 Å². The summed E-state index contributed by atoms with van der Waals surface area (Å²) in [6.07, 6.45) is 2.93. The number of thioether (sulfide) groups is 1. The van der Waals surface area contributed by atoms with Gasteiger partial charge in [0.15, 0.2) is 0 Å². The van der Waals surface area contributed by atoms with E-state index >= 15 is 0 Å². The summed E-state index contributed by atoms with van der Waals surface area (Å²) in [4.78, 5) is 19.6. The topological polar surface area (TPSA) is 42.4 Å². The molecule has 2 fully saturated rings. The van der Waals surface area contributed by atoms with Crippen LogP contribution in [-0.2, 0) is 0 Å². The molecule has 0 aromatic carbocycles. The molecule has 4 heterocycles. The fraction of sp³-hybridized carbons (Fsp3) is 0.412. The Hall–Kier alpha value is -1.53. The van der Waals surface area contributed by atoms with E-state index in [0.29, 0.717) is 5.88 Å². The maximum Gasteiger partial charge on any atom is 0.264 e. The third-order valence-corrected chi connectivity index (χ3v) is 6.98. The van der Waals surface area contributed by atoms with E-state index in [1.165, 1.54) is 11.3 Å². The molecule has 1 spiro atoms. The lowest BCUT2D eigenvalue weighted by atomic mass is 9.92. The summed E-state index contributed by atoms with van der Waals surface area (Å²) >= 11 is 3.48. The highest BCUT2D eigenvalue weighted by Gasteiger charge is 2.51. The molecule has 4 nitrogen and oxygen atoms in total. The van der Waals surface area contributed by atoms with Gasteiger partial charge in [0, 0.05) is 37.5 Å². The highest BCUT2D eigenvalue weighted by Crippen LogP contribution is 2.46. The fourth-order valence-corrected chi connectivity index (χ4v) is 5.63. The van der Waals surface area contributed by atoms with Gasteiger partial charge in [-0.25, -0.2) is 4.98 Å². The Balaban J connectivity index is 1.35.